The van der Waals surface area contributed by atoms with Gasteiger partial charge in [-0.2, -0.15) is 0 Å². The molecule has 0 unspecified atom stereocenters. The second kappa shape index (κ2) is 5.83. The van der Waals surface area contributed by atoms with E-state index in [2.05, 4.69) is 33.3 Å². The van der Waals surface area contributed by atoms with Gasteiger partial charge in [0.15, 0.2) is 0 Å². The zero-order chi connectivity index (χ0) is 13.0. The SMILES string of the molecule is NNc1ccc(C(=O)Nc2ccccc2I)cc1. The molecule has 0 aliphatic rings. The van der Waals surface area contributed by atoms with Crippen molar-refractivity contribution in [2.24, 2.45) is 5.84 Å². The molecule has 0 aliphatic heterocycles. The third-order valence-corrected chi connectivity index (χ3v) is 3.38. The van der Waals surface area contributed by atoms with Gasteiger partial charge in [0.2, 0.25) is 0 Å². The summed E-state index contributed by atoms with van der Waals surface area (Å²) in [4.78, 5) is 12.0. The number of hydrazine groups is 1. The molecule has 0 saturated carbocycles. The predicted molar refractivity (Wildman–Crippen MR) is 81.4 cm³/mol. The Hall–Kier alpha value is -1.60. The van der Waals surface area contributed by atoms with Gasteiger partial charge in [-0.05, 0) is 59.0 Å². The largest absolute Gasteiger partial charge is 0.324 e. The number of nitrogen functional groups attached to an aromatic ring is 1. The average molecular weight is 353 g/mol. The third kappa shape index (κ3) is 2.99. The van der Waals surface area contributed by atoms with E-state index in [-0.39, 0.29) is 5.91 Å². The lowest BCUT2D eigenvalue weighted by molar-refractivity contribution is 0.102. The first kappa shape index (κ1) is 12.8. The minimum atomic E-state index is -0.136. The molecule has 18 heavy (non-hydrogen) atoms. The van der Waals surface area contributed by atoms with E-state index in [1.165, 1.54) is 0 Å². The van der Waals surface area contributed by atoms with E-state index in [9.17, 15) is 4.79 Å². The fourth-order valence-corrected chi connectivity index (χ4v) is 2.00. The molecule has 1 amide bonds. The van der Waals surface area contributed by atoms with Gasteiger partial charge in [-0.1, -0.05) is 12.1 Å². The molecule has 2 aromatic rings. The number of carbonyl (C=O) groups is 1. The Morgan fingerprint density at radius 1 is 1.06 bits per heavy atom. The molecular formula is C13H12IN3O. The second-order valence-corrected chi connectivity index (χ2v) is 4.82. The van der Waals surface area contributed by atoms with Gasteiger partial charge in [-0.25, -0.2) is 0 Å². The molecule has 5 heteroatoms. The van der Waals surface area contributed by atoms with Crippen LogP contribution in [-0.4, -0.2) is 5.91 Å². The van der Waals surface area contributed by atoms with Crippen LogP contribution in [0.4, 0.5) is 11.4 Å². The summed E-state index contributed by atoms with van der Waals surface area (Å²) in [6, 6.07) is 14.6. The van der Waals surface area contributed by atoms with Gasteiger partial charge in [0.1, 0.15) is 0 Å². The molecule has 0 atom stereocenters. The normalized spacial score (nSPS) is 9.89. The minimum Gasteiger partial charge on any atom is -0.324 e. The summed E-state index contributed by atoms with van der Waals surface area (Å²) in [5.41, 5.74) is 4.68. The van der Waals surface area contributed by atoms with Gasteiger partial charge < -0.3 is 10.7 Å². The number of nitrogens with two attached hydrogens (primary N) is 1. The standard InChI is InChI=1S/C13H12IN3O/c14-11-3-1-2-4-12(11)16-13(18)9-5-7-10(17-15)8-6-9/h1-8,17H,15H2,(H,16,18). The molecule has 2 aromatic carbocycles. The van der Waals surface area contributed by atoms with E-state index >= 15 is 0 Å². The Kier molecular flexibility index (Phi) is 4.16. The van der Waals surface area contributed by atoms with Gasteiger partial charge in [0, 0.05) is 14.8 Å². The van der Waals surface area contributed by atoms with E-state index in [1.807, 2.05) is 24.3 Å². The summed E-state index contributed by atoms with van der Waals surface area (Å²) < 4.78 is 1.00. The van der Waals surface area contributed by atoms with Crippen molar-refractivity contribution < 1.29 is 4.79 Å². The Balaban J connectivity index is 2.14. The fraction of sp³-hybridized carbons (Fsp3) is 0. The van der Waals surface area contributed by atoms with Crippen LogP contribution in [0.25, 0.3) is 0 Å². The zero-order valence-electron chi connectivity index (χ0n) is 9.48. The van der Waals surface area contributed by atoms with E-state index in [0.717, 1.165) is 14.9 Å². The highest BCUT2D eigenvalue weighted by Gasteiger charge is 2.07. The van der Waals surface area contributed by atoms with Gasteiger partial charge in [-0.15, -0.1) is 0 Å². The summed E-state index contributed by atoms with van der Waals surface area (Å²) >= 11 is 2.18. The number of para-hydroxylation sites is 1. The van der Waals surface area contributed by atoms with Crippen molar-refractivity contribution in [1.29, 1.82) is 0 Å². The molecule has 0 bridgehead atoms. The van der Waals surface area contributed by atoms with Crippen LogP contribution in [0.5, 0.6) is 0 Å². The van der Waals surface area contributed by atoms with Gasteiger partial charge in [-0.3, -0.25) is 10.6 Å². The topological polar surface area (TPSA) is 67.1 Å². The summed E-state index contributed by atoms with van der Waals surface area (Å²) in [5, 5.41) is 2.87. The number of nitrogens with one attached hydrogen (secondary N) is 2. The van der Waals surface area contributed by atoms with Crippen molar-refractivity contribution in [3.63, 3.8) is 0 Å². The quantitative estimate of drug-likeness (QED) is 0.452. The summed E-state index contributed by atoms with van der Waals surface area (Å²) in [6.07, 6.45) is 0. The predicted octanol–water partition coefficient (Wildman–Crippen LogP) is 2.83. The van der Waals surface area contributed by atoms with E-state index in [1.54, 1.807) is 24.3 Å². The Bertz CT molecular complexity index is 554. The highest BCUT2D eigenvalue weighted by molar-refractivity contribution is 14.1. The molecule has 4 N–H and O–H groups in total. The Morgan fingerprint density at radius 2 is 1.72 bits per heavy atom. The van der Waals surface area contributed by atoms with Crippen LogP contribution in [0.2, 0.25) is 0 Å². The van der Waals surface area contributed by atoms with Crippen LogP contribution in [0.15, 0.2) is 48.5 Å². The lowest BCUT2D eigenvalue weighted by Gasteiger charge is -2.07. The Labute approximate surface area is 119 Å². The molecule has 0 spiro atoms. The lowest BCUT2D eigenvalue weighted by atomic mass is 10.2. The summed E-state index contributed by atoms with van der Waals surface area (Å²) in [6.45, 7) is 0. The van der Waals surface area contributed by atoms with Gasteiger partial charge in [0.05, 0.1) is 5.69 Å². The summed E-state index contributed by atoms with van der Waals surface area (Å²) in [5.74, 6) is 5.13. The van der Waals surface area contributed by atoms with Crippen LogP contribution in [0.1, 0.15) is 10.4 Å². The van der Waals surface area contributed by atoms with Gasteiger partial charge >= 0.3 is 0 Å². The van der Waals surface area contributed by atoms with Crippen molar-refractivity contribution in [1.82, 2.24) is 0 Å². The lowest BCUT2D eigenvalue weighted by Crippen LogP contribution is -2.13. The first-order valence-electron chi connectivity index (χ1n) is 5.33. The zero-order valence-corrected chi connectivity index (χ0v) is 11.6. The number of hydrogen-bond acceptors (Lipinski definition) is 3. The summed E-state index contributed by atoms with van der Waals surface area (Å²) in [7, 11) is 0. The van der Waals surface area contributed by atoms with Crippen molar-refractivity contribution in [2.75, 3.05) is 10.7 Å². The highest BCUT2D eigenvalue weighted by Crippen LogP contribution is 2.18. The van der Waals surface area contributed by atoms with Crippen LogP contribution in [-0.2, 0) is 0 Å². The number of halogens is 1. The maximum atomic E-state index is 12.0. The first-order chi connectivity index (χ1) is 8.70. The van der Waals surface area contributed by atoms with Crippen molar-refractivity contribution >= 4 is 39.9 Å². The van der Waals surface area contributed by atoms with Crippen LogP contribution < -0.4 is 16.6 Å². The molecule has 0 aliphatic carbocycles. The van der Waals surface area contributed by atoms with Crippen LogP contribution in [0.3, 0.4) is 0 Å². The maximum absolute atomic E-state index is 12.0. The molecule has 4 nitrogen and oxygen atoms in total. The number of amides is 1. The van der Waals surface area contributed by atoms with Crippen LogP contribution >= 0.6 is 22.6 Å². The number of carbonyl (C=O) groups excluding carboxylic acids is 1. The number of benzene rings is 2. The molecule has 0 heterocycles. The van der Waals surface area contributed by atoms with E-state index in [0.29, 0.717) is 5.56 Å². The average Bonchev–Trinajstić information content (AvgIpc) is 2.41. The number of rotatable bonds is 3. The Morgan fingerprint density at radius 3 is 2.33 bits per heavy atom. The van der Waals surface area contributed by atoms with E-state index < -0.39 is 0 Å². The molecule has 0 saturated heterocycles. The number of anilines is 2. The molecular weight excluding hydrogens is 341 g/mol. The van der Waals surface area contributed by atoms with Gasteiger partial charge in [0.25, 0.3) is 5.91 Å². The molecule has 0 radical (unpaired) electrons. The third-order valence-electron chi connectivity index (χ3n) is 2.44. The van der Waals surface area contributed by atoms with E-state index in [4.69, 9.17) is 5.84 Å². The van der Waals surface area contributed by atoms with Crippen LogP contribution in [0, 0.1) is 3.57 Å². The first-order valence-corrected chi connectivity index (χ1v) is 6.41. The molecule has 2 rings (SSSR count). The van der Waals surface area contributed by atoms with Crippen molar-refractivity contribution in [2.45, 2.75) is 0 Å². The smallest absolute Gasteiger partial charge is 0.255 e. The maximum Gasteiger partial charge on any atom is 0.255 e. The van der Waals surface area contributed by atoms with Crippen molar-refractivity contribution in [3.05, 3.63) is 57.7 Å². The molecule has 0 aromatic heterocycles. The second-order valence-electron chi connectivity index (χ2n) is 3.66. The fourth-order valence-electron chi connectivity index (χ4n) is 1.47. The van der Waals surface area contributed by atoms with Crippen molar-refractivity contribution in [3.8, 4) is 0 Å². The number of hydrogen-bond donors (Lipinski definition) is 3. The molecule has 0 fully saturated rings. The monoisotopic (exact) mass is 353 g/mol. The highest BCUT2D eigenvalue weighted by atomic mass is 127. The minimum absolute atomic E-state index is 0.136. The molecule has 92 valence electrons.